The summed E-state index contributed by atoms with van der Waals surface area (Å²) in [5.41, 5.74) is 3.43. The van der Waals surface area contributed by atoms with Crippen molar-refractivity contribution in [2.75, 3.05) is 18.4 Å². The molecule has 2 aliphatic rings. The molecule has 1 atom stereocenters. The lowest BCUT2D eigenvalue weighted by atomic mass is 9.87. The number of carbonyl (C=O) groups excluding carboxylic acids is 2. The number of piperidine rings is 1. The largest absolute Gasteiger partial charge is 0.386 e. The quantitative estimate of drug-likeness (QED) is 0.867. The van der Waals surface area contributed by atoms with Gasteiger partial charge in [-0.25, -0.2) is 0 Å². The number of benzene rings is 2. The number of carbonyl (C=O) groups is 2. The number of aryl methyl sites for hydroxylation is 2. The summed E-state index contributed by atoms with van der Waals surface area (Å²) in [7, 11) is 0. The standard InChI is InChI=1S/C23H25N3O3/c1-16-9-10-18(13-17(16)2)22(28)26-12-6-11-23(15-26)14-20(25-29-23)21(27)24-19-7-4-3-5-8-19/h3-5,7-10,13H,6,11-12,14-15H2,1-2H3,(H,24,27)/t23-/m1/s1. The minimum Gasteiger partial charge on any atom is -0.386 e. The summed E-state index contributed by atoms with van der Waals surface area (Å²) < 4.78 is 0. The molecule has 29 heavy (non-hydrogen) atoms. The number of likely N-dealkylation sites (tertiary alicyclic amines) is 1. The Morgan fingerprint density at radius 3 is 2.66 bits per heavy atom. The molecule has 0 saturated carbocycles. The van der Waals surface area contributed by atoms with Gasteiger partial charge in [0, 0.05) is 24.2 Å². The average Bonchev–Trinajstić information content (AvgIpc) is 3.13. The van der Waals surface area contributed by atoms with Gasteiger partial charge in [-0.2, -0.15) is 0 Å². The molecule has 2 aliphatic heterocycles. The first-order chi connectivity index (χ1) is 14.0. The van der Waals surface area contributed by atoms with Crippen molar-refractivity contribution in [3.8, 4) is 0 Å². The molecule has 2 heterocycles. The van der Waals surface area contributed by atoms with Crippen LogP contribution >= 0.6 is 0 Å². The number of rotatable bonds is 3. The molecule has 1 spiro atoms. The van der Waals surface area contributed by atoms with E-state index in [0.29, 0.717) is 30.8 Å². The summed E-state index contributed by atoms with van der Waals surface area (Å²) in [6.45, 7) is 5.16. The maximum Gasteiger partial charge on any atom is 0.273 e. The van der Waals surface area contributed by atoms with Gasteiger partial charge in [-0.05, 0) is 62.1 Å². The number of nitrogens with one attached hydrogen (secondary N) is 1. The van der Waals surface area contributed by atoms with Crippen molar-refractivity contribution in [3.63, 3.8) is 0 Å². The van der Waals surface area contributed by atoms with Crippen LogP contribution in [0.2, 0.25) is 0 Å². The molecule has 2 aromatic rings. The molecule has 1 fully saturated rings. The Morgan fingerprint density at radius 1 is 1.10 bits per heavy atom. The fraction of sp³-hybridized carbons (Fsp3) is 0.348. The average molecular weight is 391 g/mol. The van der Waals surface area contributed by atoms with Crippen LogP contribution in [0.3, 0.4) is 0 Å². The predicted molar refractivity (Wildman–Crippen MR) is 112 cm³/mol. The molecule has 0 aliphatic carbocycles. The van der Waals surface area contributed by atoms with Crippen molar-refractivity contribution in [1.82, 2.24) is 4.90 Å². The zero-order chi connectivity index (χ0) is 20.4. The number of amides is 2. The van der Waals surface area contributed by atoms with Crippen LogP contribution in [0.15, 0.2) is 53.7 Å². The number of hydrogen-bond acceptors (Lipinski definition) is 4. The van der Waals surface area contributed by atoms with Crippen LogP contribution in [-0.2, 0) is 9.63 Å². The van der Waals surface area contributed by atoms with Crippen molar-refractivity contribution >= 4 is 23.2 Å². The van der Waals surface area contributed by atoms with E-state index in [4.69, 9.17) is 4.84 Å². The van der Waals surface area contributed by atoms with E-state index >= 15 is 0 Å². The summed E-state index contributed by atoms with van der Waals surface area (Å²) >= 11 is 0. The van der Waals surface area contributed by atoms with E-state index in [1.165, 1.54) is 5.56 Å². The Hall–Kier alpha value is -3.15. The van der Waals surface area contributed by atoms with Gasteiger partial charge in [0.2, 0.25) is 0 Å². The zero-order valence-corrected chi connectivity index (χ0v) is 16.8. The predicted octanol–water partition coefficient (Wildman–Crippen LogP) is 3.69. The second-order valence-corrected chi connectivity index (χ2v) is 7.94. The smallest absolute Gasteiger partial charge is 0.273 e. The summed E-state index contributed by atoms with van der Waals surface area (Å²) in [6.07, 6.45) is 2.00. The van der Waals surface area contributed by atoms with Crippen molar-refractivity contribution in [2.45, 2.75) is 38.7 Å². The molecule has 6 heteroatoms. The van der Waals surface area contributed by atoms with Crippen LogP contribution in [0.1, 0.15) is 40.7 Å². The van der Waals surface area contributed by atoms with Gasteiger partial charge >= 0.3 is 0 Å². The van der Waals surface area contributed by atoms with Crippen molar-refractivity contribution in [3.05, 3.63) is 65.2 Å². The Morgan fingerprint density at radius 2 is 1.90 bits per heavy atom. The molecule has 1 saturated heterocycles. The Bertz CT molecular complexity index is 971. The minimum absolute atomic E-state index is 0.00189. The molecule has 2 amide bonds. The molecule has 0 radical (unpaired) electrons. The molecule has 4 rings (SSSR count). The first kappa shape index (κ1) is 19.2. The van der Waals surface area contributed by atoms with E-state index in [1.54, 1.807) is 0 Å². The molecule has 1 N–H and O–H groups in total. The SMILES string of the molecule is Cc1ccc(C(=O)N2CCC[C@@]3(CC(C(=O)Nc4ccccc4)=NO3)C2)cc1C. The highest BCUT2D eigenvalue weighted by atomic mass is 16.7. The fourth-order valence-electron chi connectivity index (χ4n) is 3.92. The minimum atomic E-state index is -0.614. The highest BCUT2D eigenvalue weighted by Gasteiger charge is 2.45. The maximum absolute atomic E-state index is 13.0. The molecule has 0 aromatic heterocycles. The van der Waals surface area contributed by atoms with Gasteiger partial charge in [0.15, 0.2) is 5.60 Å². The molecular weight excluding hydrogens is 366 g/mol. The number of para-hydroxylation sites is 1. The van der Waals surface area contributed by atoms with Gasteiger partial charge in [0.1, 0.15) is 5.71 Å². The number of oxime groups is 1. The third-order valence-electron chi connectivity index (χ3n) is 5.71. The molecule has 0 bridgehead atoms. The van der Waals surface area contributed by atoms with Crippen molar-refractivity contribution < 1.29 is 14.4 Å². The van der Waals surface area contributed by atoms with Crippen LogP contribution in [0.5, 0.6) is 0 Å². The summed E-state index contributed by atoms with van der Waals surface area (Å²) in [5.74, 6) is -0.261. The normalized spacial score (nSPS) is 20.9. The summed E-state index contributed by atoms with van der Waals surface area (Å²) in [5, 5.41) is 6.91. The fourth-order valence-corrected chi connectivity index (χ4v) is 3.92. The number of hydrogen-bond donors (Lipinski definition) is 1. The number of nitrogens with zero attached hydrogens (tertiary/aromatic N) is 2. The highest BCUT2D eigenvalue weighted by Crippen LogP contribution is 2.34. The Kier molecular flexibility index (Phi) is 5.09. The van der Waals surface area contributed by atoms with Crippen molar-refractivity contribution in [1.29, 1.82) is 0 Å². The lowest BCUT2D eigenvalue weighted by Gasteiger charge is -2.38. The Balaban J connectivity index is 1.42. The number of anilines is 1. The summed E-state index contributed by atoms with van der Waals surface area (Å²) in [4.78, 5) is 33.1. The molecule has 150 valence electrons. The van der Waals surface area contributed by atoms with E-state index < -0.39 is 5.60 Å². The van der Waals surface area contributed by atoms with Crippen LogP contribution in [-0.4, -0.2) is 41.1 Å². The molecular formula is C23H25N3O3. The van der Waals surface area contributed by atoms with Crippen LogP contribution in [0.4, 0.5) is 5.69 Å². The molecule has 0 unspecified atom stereocenters. The van der Waals surface area contributed by atoms with Gasteiger partial charge in [-0.3, -0.25) is 9.59 Å². The van der Waals surface area contributed by atoms with E-state index in [1.807, 2.05) is 67.3 Å². The zero-order valence-electron chi connectivity index (χ0n) is 16.8. The van der Waals surface area contributed by atoms with Crippen LogP contribution in [0, 0.1) is 13.8 Å². The third-order valence-corrected chi connectivity index (χ3v) is 5.71. The van der Waals surface area contributed by atoms with Gasteiger partial charge in [0.25, 0.3) is 11.8 Å². The maximum atomic E-state index is 13.0. The van der Waals surface area contributed by atoms with Gasteiger partial charge in [-0.1, -0.05) is 29.4 Å². The second kappa shape index (κ2) is 7.70. The van der Waals surface area contributed by atoms with Crippen LogP contribution in [0.25, 0.3) is 0 Å². The van der Waals surface area contributed by atoms with E-state index in [-0.39, 0.29) is 11.8 Å². The van der Waals surface area contributed by atoms with E-state index in [0.717, 1.165) is 24.1 Å². The second-order valence-electron chi connectivity index (χ2n) is 7.94. The summed E-state index contributed by atoms with van der Waals surface area (Å²) in [6, 6.07) is 15.1. The first-order valence-corrected chi connectivity index (χ1v) is 9.94. The topological polar surface area (TPSA) is 71.0 Å². The highest BCUT2D eigenvalue weighted by molar-refractivity contribution is 6.43. The van der Waals surface area contributed by atoms with Crippen molar-refractivity contribution in [2.24, 2.45) is 5.16 Å². The first-order valence-electron chi connectivity index (χ1n) is 9.94. The van der Waals surface area contributed by atoms with E-state index in [2.05, 4.69) is 10.5 Å². The lowest BCUT2D eigenvalue weighted by Crippen LogP contribution is -2.50. The van der Waals surface area contributed by atoms with Crippen LogP contribution < -0.4 is 5.32 Å². The van der Waals surface area contributed by atoms with E-state index in [9.17, 15) is 9.59 Å². The molecule has 2 aromatic carbocycles. The van der Waals surface area contributed by atoms with Gasteiger partial charge < -0.3 is 15.1 Å². The lowest BCUT2D eigenvalue weighted by molar-refractivity contribution is -0.110. The van der Waals surface area contributed by atoms with Gasteiger partial charge in [0.05, 0.1) is 6.54 Å². The third kappa shape index (κ3) is 4.01. The Labute approximate surface area is 170 Å². The monoisotopic (exact) mass is 391 g/mol. The molecule has 6 nitrogen and oxygen atoms in total. The van der Waals surface area contributed by atoms with Gasteiger partial charge in [-0.15, -0.1) is 0 Å².